The van der Waals surface area contributed by atoms with Crippen LogP contribution in [0.3, 0.4) is 0 Å². The average molecular weight is 256 g/mol. The van der Waals surface area contributed by atoms with Gasteiger partial charge in [-0.05, 0) is 17.7 Å². The van der Waals surface area contributed by atoms with E-state index in [1.807, 2.05) is 24.3 Å². The van der Waals surface area contributed by atoms with Gasteiger partial charge < -0.3 is 14.6 Å². The molecule has 0 aliphatic carbocycles. The van der Waals surface area contributed by atoms with Crippen molar-refractivity contribution in [3.05, 3.63) is 29.8 Å². The van der Waals surface area contributed by atoms with Gasteiger partial charge in [-0.1, -0.05) is 12.1 Å². The van der Waals surface area contributed by atoms with Gasteiger partial charge in [0.05, 0.1) is 6.42 Å². The van der Waals surface area contributed by atoms with Crippen LogP contribution < -0.4 is 0 Å². The maximum atomic E-state index is 10.5. The number of thioether (sulfide) groups is 1. The molecule has 0 heterocycles. The first-order valence-electron chi connectivity index (χ1n) is 5.15. The molecule has 0 saturated carbocycles. The van der Waals surface area contributed by atoms with Crippen molar-refractivity contribution < 1.29 is 19.4 Å². The van der Waals surface area contributed by atoms with E-state index in [0.717, 1.165) is 10.5 Å². The van der Waals surface area contributed by atoms with Gasteiger partial charge in [-0.15, -0.1) is 11.8 Å². The van der Waals surface area contributed by atoms with Crippen LogP contribution in [0.15, 0.2) is 29.2 Å². The maximum absolute atomic E-state index is 10.5. The molecule has 0 atom stereocenters. The van der Waals surface area contributed by atoms with Gasteiger partial charge in [-0.25, -0.2) is 0 Å². The van der Waals surface area contributed by atoms with Gasteiger partial charge in [0, 0.05) is 24.9 Å². The SMILES string of the molecule is COC(CSc1ccc(CC(=O)O)cc1)OC. The van der Waals surface area contributed by atoms with E-state index >= 15 is 0 Å². The first kappa shape index (κ1) is 14.0. The van der Waals surface area contributed by atoms with E-state index in [1.165, 1.54) is 0 Å². The molecule has 0 saturated heterocycles. The molecule has 0 fully saturated rings. The van der Waals surface area contributed by atoms with Crippen molar-refractivity contribution in [2.45, 2.75) is 17.6 Å². The topological polar surface area (TPSA) is 55.8 Å². The van der Waals surface area contributed by atoms with E-state index in [9.17, 15) is 4.79 Å². The number of carboxylic acids is 1. The molecule has 0 amide bonds. The van der Waals surface area contributed by atoms with Crippen molar-refractivity contribution in [1.82, 2.24) is 0 Å². The van der Waals surface area contributed by atoms with E-state index in [1.54, 1.807) is 26.0 Å². The molecule has 1 aromatic carbocycles. The summed E-state index contributed by atoms with van der Waals surface area (Å²) in [4.78, 5) is 11.6. The zero-order valence-electron chi connectivity index (χ0n) is 9.88. The summed E-state index contributed by atoms with van der Waals surface area (Å²) in [7, 11) is 3.20. The number of rotatable bonds is 7. The number of hydrogen-bond acceptors (Lipinski definition) is 4. The van der Waals surface area contributed by atoms with E-state index in [2.05, 4.69) is 0 Å². The first-order valence-corrected chi connectivity index (χ1v) is 6.13. The third-order valence-corrected chi connectivity index (χ3v) is 3.23. The fourth-order valence-corrected chi connectivity index (χ4v) is 2.20. The number of carboxylic acid groups (broad SMARTS) is 1. The zero-order chi connectivity index (χ0) is 12.7. The van der Waals surface area contributed by atoms with Crippen molar-refractivity contribution in [2.75, 3.05) is 20.0 Å². The highest BCUT2D eigenvalue weighted by Crippen LogP contribution is 2.20. The minimum Gasteiger partial charge on any atom is -0.481 e. The van der Waals surface area contributed by atoms with E-state index < -0.39 is 5.97 Å². The molecule has 0 aliphatic heterocycles. The summed E-state index contributed by atoms with van der Waals surface area (Å²) < 4.78 is 10.2. The Balaban J connectivity index is 2.47. The summed E-state index contributed by atoms with van der Waals surface area (Å²) >= 11 is 1.61. The van der Waals surface area contributed by atoms with Gasteiger partial charge in [-0.3, -0.25) is 4.79 Å². The van der Waals surface area contributed by atoms with Gasteiger partial charge in [0.1, 0.15) is 0 Å². The average Bonchev–Trinajstić information content (AvgIpc) is 2.32. The fourth-order valence-electron chi connectivity index (χ4n) is 1.27. The third kappa shape index (κ3) is 5.21. The van der Waals surface area contributed by atoms with Crippen LogP contribution in [-0.4, -0.2) is 37.3 Å². The van der Waals surface area contributed by atoms with Crippen LogP contribution in [0.1, 0.15) is 5.56 Å². The van der Waals surface area contributed by atoms with Crippen LogP contribution in [0.25, 0.3) is 0 Å². The van der Waals surface area contributed by atoms with Crippen LogP contribution >= 0.6 is 11.8 Å². The summed E-state index contributed by atoms with van der Waals surface area (Å²) in [5.41, 5.74) is 0.803. The summed E-state index contributed by atoms with van der Waals surface area (Å²) in [5, 5.41) is 8.64. The van der Waals surface area contributed by atoms with Crippen LogP contribution in [0.4, 0.5) is 0 Å². The Labute approximate surface area is 105 Å². The number of ether oxygens (including phenoxy) is 2. The first-order chi connectivity index (χ1) is 8.15. The standard InChI is InChI=1S/C12H16O4S/c1-15-12(16-2)8-17-10-5-3-9(4-6-10)7-11(13)14/h3-6,12H,7-8H2,1-2H3,(H,13,14). The summed E-state index contributed by atoms with van der Waals surface area (Å²) in [6.45, 7) is 0. The van der Waals surface area contributed by atoms with Crippen LogP contribution in [0.2, 0.25) is 0 Å². The van der Waals surface area contributed by atoms with Gasteiger partial charge in [-0.2, -0.15) is 0 Å². The van der Waals surface area contributed by atoms with Gasteiger partial charge in [0.2, 0.25) is 0 Å². The molecule has 0 spiro atoms. The Morgan fingerprint density at radius 1 is 1.29 bits per heavy atom. The molecule has 0 bridgehead atoms. The zero-order valence-corrected chi connectivity index (χ0v) is 10.7. The molecule has 0 radical (unpaired) electrons. The van der Waals surface area contributed by atoms with Crippen molar-refractivity contribution in [3.63, 3.8) is 0 Å². The number of benzene rings is 1. The van der Waals surface area contributed by atoms with Crippen LogP contribution in [0, 0.1) is 0 Å². The van der Waals surface area contributed by atoms with Crippen LogP contribution in [0.5, 0.6) is 0 Å². The normalized spacial score (nSPS) is 10.8. The smallest absolute Gasteiger partial charge is 0.307 e. The summed E-state index contributed by atoms with van der Waals surface area (Å²) in [6, 6.07) is 7.47. The Morgan fingerprint density at radius 3 is 2.35 bits per heavy atom. The molecule has 0 unspecified atom stereocenters. The molecular weight excluding hydrogens is 240 g/mol. The summed E-state index contributed by atoms with van der Waals surface area (Å²) in [5.74, 6) is -0.116. The van der Waals surface area contributed by atoms with Gasteiger partial charge in [0.25, 0.3) is 0 Å². The maximum Gasteiger partial charge on any atom is 0.307 e. The fraction of sp³-hybridized carbons (Fsp3) is 0.417. The predicted octanol–water partition coefficient (Wildman–Crippen LogP) is 2.02. The largest absolute Gasteiger partial charge is 0.481 e. The minimum atomic E-state index is -0.816. The molecular formula is C12H16O4S. The predicted molar refractivity (Wildman–Crippen MR) is 66.3 cm³/mol. The molecule has 1 rings (SSSR count). The highest BCUT2D eigenvalue weighted by atomic mass is 32.2. The second-order valence-corrected chi connectivity index (χ2v) is 4.52. The number of carbonyl (C=O) groups is 1. The quantitative estimate of drug-likeness (QED) is 0.597. The highest BCUT2D eigenvalue weighted by molar-refractivity contribution is 7.99. The lowest BCUT2D eigenvalue weighted by molar-refractivity contribution is -0.136. The number of aliphatic carboxylic acids is 1. The molecule has 17 heavy (non-hydrogen) atoms. The van der Waals surface area contributed by atoms with Crippen molar-refractivity contribution in [3.8, 4) is 0 Å². The molecule has 0 aromatic heterocycles. The van der Waals surface area contributed by atoms with Crippen molar-refractivity contribution in [2.24, 2.45) is 0 Å². The number of hydrogen-bond donors (Lipinski definition) is 1. The van der Waals surface area contributed by atoms with Crippen LogP contribution in [-0.2, 0) is 20.7 Å². The Kier molecular flexibility index (Phi) is 6.04. The number of methoxy groups -OCH3 is 2. The van der Waals surface area contributed by atoms with Crippen molar-refractivity contribution >= 4 is 17.7 Å². The van der Waals surface area contributed by atoms with Gasteiger partial charge in [0.15, 0.2) is 6.29 Å². The molecule has 5 heteroatoms. The lowest BCUT2D eigenvalue weighted by Crippen LogP contribution is -2.15. The Hall–Kier alpha value is -1.04. The molecule has 1 N–H and O–H groups in total. The monoisotopic (exact) mass is 256 g/mol. The third-order valence-electron chi connectivity index (χ3n) is 2.19. The van der Waals surface area contributed by atoms with E-state index in [0.29, 0.717) is 5.75 Å². The van der Waals surface area contributed by atoms with Gasteiger partial charge >= 0.3 is 5.97 Å². The molecule has 4 nitrogen and oxygen atoms in total. The Morgan fingerprint density at radius 2 is 1.88 bits per heavy atom. The minimum absolute atomic E-state index is 0.0592. The molecule has 1 aromatic rings. The highest BCUT2D eigenvalue weighted by Gasteiger charge is 2.06. The second kappa shape index (κ2) is 7.32. The summed E-state index contributed by atoms with van der Waals surface area (Å²) in [6.07, 6.45) is -0.164. The molecule has 0 aliphatic rings. The second-order valence-electron chi connectivity index (χ2n) is 3.43. The Bertz CT molecular complexity index is 346. The van der Waals surface area contributed by atoms with Crippen molar-refractivity contribution in [1.29, 1.82) is 0 Å². The lowest BCUT2D eigenvalue weighted by Gasteiger charge is -2.12. The molecule has 94 valence electrons. The lowest BCUT2D eigenvalue weighted by atomic mass is 10.2. The van der Waals surface area contributed by atoms with E-state index in [4.69, 9.17) is 14.6 Å². The van der Waals surface area contributed by atoms with E-state index in [-0.39, 0.29) is 12.7 Å².